The van der Waals surface area contributed by atoms with E-state index in [9.17, 15) is 4.79 Å². The lowest BCUT2D eigenvalue weighted by Gasteiger charge is -2.11. The van der Waals surface area contributed by atoms with Crippen LogP contribution in [0, 0.1) is 5.92 Å². The Kier molecular flexibility index (Phi) is 6.78. The average Bonchev–Trinajstić information content (AvgIpc) is 3.64. The van der Waals surface area contributed by atoms with Crippen LogP contribution in [0.3, 0.4) is 0 Å². The molecule has 0 aliphatic heterocycles. The molecule has 1 saturated carbocycles. The lowest BCUT2D eigenvalue weighted by atomic mass is 10.1. The summed E-state index contributed by atoms with van der Waals surface area (Å²) in [7, 11) is 1.50. The van der Waals surface area contributed by atoms with Crippen molar-refractivity contribution < 1.29 is 24.2 Å². The molecule has 1 fully saturated rings. The third-order valence-corrected chi connectivity index (χ3v) is 5.57. The Hall–Kier alpha value is -4.00. The van der Waals surface area contributed by atoms with Gasteiger partial charge in [-0.15, -0.1) is 0 Å². The van der Waals surface area contributed by atoms with Gasteiger partial charge in [0.25, 0.3) is 0 Å². The quantitative estimate of drug-likeness (QED) is 0.271. The van der Waals surface area contributed by atoms with Gasteiger partial charge in [0.2, 0.25) is 0 Å². The van der Waals surface area contributed by atoms with E-state index in [-0.39, 0.29) is 18.4 Å². The number of carboxylic acids is 1. The number of nitrogens with two attached hydrogens (primary N) is 1. The van der Waals surface area contributed by atoms with Crippen LogP contribution in [-0.4, -0.2) is 30.5 Å². The van der Waals surface area contributed by atoms with Crippen molar-refractivity contribution in [3.63, 3.8) is 0 Å². The Morgan fingerprint density at radius 2 is 1.61 bits per heavy atom. The summed E-state index contributed by atoms with van der Waals surface area (Å²) in [5.74, 6) is 0.606. The van der Waals surface area contributed by atoms with Crippen LogP contribution in [0.1, 0.15) is 29.0 Å². The smallest absolute Gasteiger partial charge is 0.307 e. The second-order valence-corrected chi connectivity index (χ2v) is 7.92. The fourth-order valence-electron chi connectivity index (χ4n) is 3.60. The molecule has 7 nitrogen and oxygen atoms in total. The van der Waals surface area contributed by atoms with Crippen LogP contribution in [0.15, 0.2) is 78.0 Å². The van der Waals surface area contributed by atoms with Crippen LogP contribution in [-0.2, 0) is 16.2 Å². The van der Waals surface area contributed by atoms with Crippen LogP contribution in [0.4, 0.5) is 5.69 Å². The minimum absolute atomic E-state index is 0.124. The molecular weight excluding hydrogens is 420 g/mol. The first-order valence-electron chi connectivity index (χ1n) is 10.7. The van der Waals surface area contributed by atoms with E-state index in [0.29, 0.717) is 30.2 Å². The van der Waals surface area contributed by atoms with Crippen molar-refractivity contribution in [3.05, 3.63) is 89.5 Å². The first kappa shape index (κ1) is 22.2. The van der Waals surface area contributed by atoms with Gasteiger partial charge < -0.3 is 25.2 Å². The number of nitrogen functional groups attached to an aromatic ring is 1. The molecular formula is C26H26N2O5. The Balaban J connectivity index is 1.28. The Morgan fingerprint density at radius 3 is 2.21 bits per heavy atom. The molecule has 3 aromatic rings. The minimum atomic E-state index is -0.722. The van der Waals surface area contributed by atoms with Crippen molar-refractivity contribution >= 4 is 17.4 Å². The SMILES string of the molecule is CO/N=C(\COc1ccc(COc2ccc(C3CC3C(=O)O)cc2)cc1)c1ccc(N)cc1. The van der Waals surface area contributed by atoms with E-state index in [0.717, 1.165) is 22.4 Å². The summed E-state index contributed by atoms with van der Waals surface area (Å²) in [6.45, 7) is 0.673. The molecule has 33 heavy (non-hydrogen) atoms. The van der Waals surface area contributed by atoms with E-state index >= 15 is 0 Å². The summed E-state index contributed by atoms with van der Waals surface area (Å²) in [4.78, 5) is 16.0. The highest BCUT2D eigenvalue weighted by molar-refractivity contribution is 6.01. The zero-order valence-electron chi connectivity index (χ0n) is 18.3. The molecule has 3 aromatic carbocycles. The van der Waals surface area contributed by atoms with Gasteiger partial charge in [-0.2, -0.15) is 0 Å². The summed E-state index contributed by atoms with van der Waals surface area (Å²) in [5.41, 5.74) is 10.0. The van der Waals surface area contributed by atoms with Crippen LogP contribution in [0.5, 0.6) is 11.5 Å². The number of hydrogen-bond donors (Lipinski definition) is 2. The van der Waals surface area contributed by atoms with Crippen LogP contribution in [0.2, 0.25) is 0 Å². The van der Waals surface area contributed by atoms with E-state index < -0.39 is 5.97 Å². The zero-order chi connectivity index (χ0) is 23.2. The third-order valence-electron chi connectivity index (χ3n) is 5.57. The lowest BCUT2D eigenvalue weighted by molar-refractivity contribution is -0.138. The molecule has 0 heterocycles. The molecule has 0 amide bonds. The topological polar surface area (TPSA) is 103 Å². The highest BCUT2D eigenvalue weighted by atomic mass is 16.6. The van der Waals surface area contributed by atoms with E-state index in [4.69, 9.17) is 25.2 Å². The standard InChI is InChI=1S/C26H26N2O5/c1-31-28-25(19-4-8-20(27)9-5-19)16-33-21-10-2-17(3-11-21)15-32-22-12-6-18(7-13-22)23-14-24(23)26(29)30/h2-13,23-24H,14-16,27H2,1H3,(H,29,30)/b28-25+. The van der Waals surface area contributed by atoms with Gasteiger partial charge in [-0.3, -0.25) is 4.79 Å². The first-order chi connectivity index (χ1) is 16.0. The molecule has 1 aliphatic carbocycles. The number of hydrogen-bond acceptors (Lipinski definition) is 6. The van der Waals surface area contributed by atoms with E-state index in [2.05, 4.69) is 5.16 Å². The second-order valence-electron chi connectivity index (χ2n) is 7.92. The van der Waals surface area contributed by atoms with Gasteiger partial charge in [-0.1, -0.05) is 41.6 Å². The van der Waals surface area contributed by atoms with Gasteiger partial charge in [-0.25, -0.2) is 0 Å². The van der Waals surface area contributed by atoms with Gasteiger partial charge in [-0.05, 0) is 59.9 Å². The maximum Gasteiger partial charge on any atom is 0.307 e. The molecule has 2 unspecified atom stereocenters. The largest absolute Gasteiger partial charge is 0.489 e. The predicted octanol–water partition coefficient (Wildman–Crippen LogP) is 4.47. The Bertz CT molecular complexity index is 1110. The van der Waals surface area contributed by atoms with Crippen molar-refractivity contribution in [3.8, 4) is 11.5 Å². The highest BCUT2D eigenvalue weighted by Crippen LogP contribution is 2.47. The number of ether oxygens (including phenoxy) is 2. The van der Waals surface area contributed by atoms with Gasteiger partial charge >= 0.3 is 5.97 Å². The fourth-order valence-corrected chi connectivity index (χ4v) is 3.60. The molecule has 0 spiro atoms. The van der Waals surface area contributed by atoms with Gasteiger partial charge in [0.1, 0.15) is 37.5 Å². The minimum Gasteiger partial charge on any atom is -0.489 e. The number of carboxylic acid groups (broad SMARTS) is 1. The van der Waals surface area contributed by atoms with Crippen LogP contribution in [0.25, 0.3) is 0 Å². The maximum absolute atomic E-state index is 11.0. The molecule has 2 atom stereocenters. The van der Waals surface area contributed by atoms with Gasteiger partial charge in [0, 0.05) is 11.3 Å². The normalized spacial score (nSPS) is 17.3. The molecule has 4 rings (SSSR count). The first-order valence-corrected chi connectivity index (χ1v) is 10.7. The van der Waals surface area contributed by atoms with Crippen molar-refractivity contribution in [2.75, 3.05) is 19.5 Å². The number of rotatable bonds is 10. The van der Waals surface area contributed by atoms with Gasteiger partial charge in [0.05, 0.1) is 5.92 Å². The summed E-state index contributed by atoms with van der Waals surface area (Å²) in [6, 6.07) is 22.7. The molecule has 0 bridgehead atoms. The number of oxime groups is 1. The van der Waals surface area contributed by atoms with E-state index in [1.54, 1.807) is 0 Å². The van der Waals surface area contributed by atoms with E-state index in [1.165, 1.54) is 7.11 Å². The van der Waals surface area contributed by atoms with Crippen LogP contribution >= 0.6 is 0 Å². The molecule has 170 valence electrons. The number of benzene rings is 3. The van der Waals surface area contributed by atoms with Crippen molar-refractivity contribution in [1.82, 2.24) is 0 Å². The maximum atomic E-state index is 11.0. The lowest BCUT2D eigenvalue weighted by Crippen LogP contribution is -2.13. The fraction of sp³-hybridized carbons (Fsp3) is 0.231. The summed E-state index contributed by atoms with van der Waals surface area (Å²) in [5, 5.41) is 13.1. The molecule has 3 N–H and O–H groups in total. The molecule has 1 aliphatic rings. The Labute approximate surface area is 192 Å². The Morgan fingerprint density at radius 1 is 0.970 bits per heavy atom. The monoisotopic (exact) mass is 446 g/mol. The van der Waals surface area contributed by atoms with Crippen LogP contribution < -0.4 is 15.2 Å². The van der Waals surface area contributed by atoms with Crippen molar-refractivity contribution in [2.24, 2.45) is 11.1 Å². The van der Waals surface area contributed by atoms with Crippen molar-refractivity contribution in [1.29, 1.82) is 0 Å². The molecule has 0 radical (unpaired) electrons. The summed E-state index contributed by atoms with van der Waals surface area (Å²) >= 11 is 0. The summed E-state index contributed by atoms with van der Waals surface area (Å²) < 4.78 is 11.7. The highest BCUT2D eigenvalue weighted by Gasteiger charge is 2.44. The number of carbonyl (C=O) groups is 1. The second kappa shape index (κ2) is 10.1. The zero-order valence-corrected chi connectivity index (χ0v) is 18.3. The number of anilines is 1. The summed E-state index contributed by atoms with van der Waals surface area (Å²) in [6.07, 6.45) is 0.711. The van der Waals surface area contributed by atoms with E-state index in [1.807, 2.05) is 72.8 Å². The van der Waals surface area contributed by atoms with Gasteiger partial charge in [0.15, 0.2) is 0 Å². The number of aliphatic carboxylic acids is 1. The van der Waals surface area contributed by atoms with Crippen molar-refractivity contribution in [2.45, 2.75) is 18.9 Å². The average molecular weight is 447 g/mol. The third kappa shape index (κ3) is 5.83. The number of nitrogens with zero attached hydrogens (tertiary/aromatic N) is 1. The predicted molar refractivity (Wildman–Crippen MR) is 126 cm³/mol. The molecule has 0 saturated heterocycles. The molecule has 0 aromatic heterocycles. The molecule has 7 heteroatoms.